The molecule has 1 aromatic carbocycles. The fraction of sp³-hybridized carbons (Fsp3) is 0.562. The van der Waals surface area contributed by atoms with E-state index in [1.54, 1.807) is 7.11 Å². The maximum atomic E-state index is 12.5. The monoisotopic (exact) mass is 354 g/mol. The molecule has 1 heterocycles. The molecule has 1 unspecified atom stereocenters. The number of amides is 1. The Morgan fingerprint density at radius 3 is 2.52 bits per heavy atom. The van der Waals surface area contributed by atoms with E-state index >= 15 is 0 Å². The van der Waals surface area contributed by atoms with Crippen LogP contribution >= 0.6 is 15.9 Å². The lowest BCUT2D eigenvalue weighted by Gasteiger charge is -2.37. The number of hydrogen-bond acceptors (Lipinski definition) is 3. The number of benzene rings is 1. The third-order valence-corrected chi connectivity index (χ3v) is 4.83. The zero-order valence-electron chi connectivity index (χ0n) is 12.9. The first-order chi connectivity index (χ1) is 10.1. The Hall–Kier alpha value is -1.07. The number of rotatable bonds is 4. The molecule has 1 saturated heterocycles. The lowest BCUT2D eigenvalue weighted by atomic mass is 10.1. The zero-order valence-corrected chi connectivity index (χ0v) is 14.5. The Morgan fingerprint density at radius 2 is 2.00 bits per heavy atom. The van der Waals surface area contributed by atoms with Crippen LogP contribution in [-0.2, 0) is 0 Å². The van der Waals surface area contributed by atoms with Gasteiger partial charge in [0.2, 0.25) is 0 Å². The molecular weight excluding hydrogens is 332 g/mol. The summed E-state index contributed by atoms with van der Waals surface area (Å²) in [6, 6.07) is 6.08. The highest BCUT2D eigenvalue weighted by Crippen LogP contribution is 2.26. The molecule has 21 heavy (non-hydrogen) atoms. The number of nitrogens with zero attached hydrogens (tertiary/aromatic N) is 2. The highest BCUT2D eigenvalue weighted by atomic mass is 79.9. The second-order valence-corrected chi connectivity index (χ2v) is 6.29. The summed E-state index contributed by atoms with van der Waals surface area (Å²) < 4.78 is 6.01. The summed E-state index contributed by atoms with van der Waals surface area (Å²) in [4.78, 5) is 16.9. The number of carbonyl (C=O) groups excluding carboxylic acids is 1. The van der Waals surface area contributed by atoms with Crippen molar-refractivity contribution < 1.29 is 9.53 Å². The summed E-state index contributed by atoms with van der Waals surface area (Å²) in [7, 11) is 1.62. The predicted octanol–water partition coefficient (Wildman–Crippen LogP) is 3.01. The fourth-order valence-corrected chi connectivity index (χ4v) is 3.15. The van der Waals surface area contributed by atoms with Crippen molar-refractivity contribution >= 4 is 21.8 Å². The zero-order chi connectivity index (χ0) is 15.4. The highest BCUT2D eigenvalue weighted by molar-refractivity contribution is 9.10. The van der Waals surface area contributed by atoms with Crippen molar-refractivity contribution in [2.24, 2.45) is 0 Å². The molecule has 0 saturated carbocycles. The van der Waals surface area contributed by atoms with Crippen LogP contribution in [0.4, 0.5) is 0 Å². The number of halogens is 1. The summed E-state index contributed by atoms with van der Waals surface area (Å²) in [6.07, 6.45) is 1.15. The van der Waals surface area contributed by atoms with E-state index in [0.29, 0.717) is 11.6 Å². The van der Waals surface area contributed by atoms with E-state index in [2.05, 4.69) is 34.7 Å². The van der Waals surface area contributed by atoms with Crippen LogP contribution < -0.4 is 4.74 Å². The molecule has 0 radical (unpaired) electrons. The SMILES string of the molecule is CCC(C)N1CCN(C(=O)c2ccc(OC)c(Br)c2)CC1. The van der Waals surface area contributed by atoms with Crippen molar-refractivity contribution in [1.82, 2.24) is 9.80 Å². The van der Waals surface area contributed by atoms with Crippen LogP contribution in [0.1, 0.15) is 30.6 Å². The normalized spacial score (nSPS) is 17.6. The smallest absolute Gasteiger partial charge is 0.253 e. The Kier molecular flexibility index (Phi) is 5.65. The van der Waals surface area contributed by atoms with Gasteiger partial charge in [0.25, 0.3) is 5.91 Å². The highest BCUT2D eigenvalue weighted by Gasteiger charge is 2.24. The van der Waals surface area contributed by atoms with Gasteiger partial charge in [0, 0.05) is 37.8 Å². The third kappa shape index (κ3) is 3.77. The van der Waals surface area contributed by atoms with E-state index in [0.717, 1.165) is 42.8 Å². The topological polar surface area (TPSA) is 32.8 Å². The average Bonchev–Trinajstić information content (AvgIpc) is 2.53. The Bertz CT molecular complexity index is 499. The average molecular weight is 355 g/mol. The summed E-state index contributed by atoms with van der Waals surface area (Å²) in [5.41, 5.74) is 0.708. The minimum atomic E-state index is 0.0992. The molecule has 0 bridgehead atoms. The van der Waals surface area contributed by atoms with Crippen molar-refractivity contribution in [1.29, 1.82) is 0 Å². The van der Waals surface area contributed by atoms with Gasteiger partial charge in [-0.05, 0) is 47.5 Å². The van der Waals surface area contributed by atoms with Crippen molar-refractivity contribution in [3.63, 3.8) is 0 Å². The lowest BCUT2D eigenvalue weighted by Crippen LogP contribution is -2.51. The predicted molar refractivity (Wildman–Crippen MR) is 87.9 cm³/mol. The number of carbonyl (C=O) groups is 1. The Labute approximate surface area is 135 Å². The van der Waals surface area contributed by atoms with E-state index in [-0.39, 0.29) is 5.91 Å². The second-order valence-electron chi connectivity index (χ2n) is 5.43. The van der Waals surface area contributed by atoms with Gasteiger partial charge in [-0.2, -0.15) is 0 Å². The molecule has 1 aromatic rings. The lowest BCUT2D eigenvalue weighted by molar-refractivity contribution is 0.0579. The van der Waals surface area contributed by atoms with E-state index in [4.69, 9.17) is 4.74 Å². The summed E-state index contributed by atoms with van der Waals surface area (Å²) in [5, 5.41) is 0. The summed E-state index contributed by atoms with van der Waals surface area (Å²) in [5.74, 6) is 0.843. The molecule has 0 N–H and O–H groups in total. The molecule has 1 fully saturated rings. The van der Waals surface area contributed by atoms with Crippen LogP contribution in [-0.4, -0.2) is 55.0 Å². The van der Waals surface area contributed by atoms with E-state index < -0.39 is 0 Å². The molecule has 4 nitrogen and oxygen atoms in total. The van der Waals surface area contributed by atoms with E-state index in [1.807, 2.05) is 23.1 Å². The van der Waals surface area contributed by atoms with Crippen LogP contribution in [0.5, 0.6) is 5.75 Å². The molecule has 2 rings (SSSR count). The molecule has 0 aromatic heterocycles. The van der Waals surface area contributed by atoms with Crippen molar-refractivity contribution in [2.45, 2.75) is 26.3 Å². The molecule has 0 aliphatic carbocycles. The molecule has 1 aliphatic rings. The molecule has 1 atom stereocenters. The number of methoxy groups -OCH3 is 1. The minimum absolute atomic E-state index is 0.0992. The maximum Gasteiger partial charge on any atom is 0.253 e. The first-order valence-corrected chi connectivity index (χ1v) is 8.23. The van der Waals surface area contributed by atoms with Gasteiger partial charge in [-0.15, -0.1) is 0 Å². The van der Waals surface area contributed by atoms with Crippen LogP contribution in [0.25, 0.3) is 0 Å². The largest absolute Gasteiger partial charge is 0.496 e. The van der Waals surface area contributed by atoms with Crippen molar-refractivity contribution in [2.75, 3.05) is 33.3 Å². The fourth-order valence-electron chi connectivity index (χ4n) is 2.61. The van der Waals surface area contributed by atoms with Crippen LogP contribution in [0, 0.1) is 0 Å². The van der Waals surface area contributed by atoms with Gasteiger partial charge in [-0.1, -0.05) is 6.92 Å². The van der Waals surface area contributed by atoms with Gasteiger partial charge >= 0.3 is 0 Å². The van der Waals surface area contributed by atoms with E-state index in [9.17, 15) is 4.79 Å². The Morgan fingerprint density at radius 1 is 1.33 bits per heavy atom. The first-order valence-electron chi connectivity index (χ1n) is 7.43. The van der Waals surface area contributed by atoms with Gasteiger partial charge in [0.05, 0.1) is 11.6 Å². The Balaban J connectivity index is 2.00. The van der Waals surface area contributed by atoms with Crippen molar-refractivity contribution in [3.8, 4) is 5.75 Å². The van der Waals surface area contributed by atoms with Gasteiger partial charge in [-0.25, -0.2) is 0 Å². The number of piperazine rings is 1. The van der Waals surface area contributed by atoms with Crippen LogP contribution in [0.15, 0.2) is 22.7 Å². The molecule has 5 heteroatoms. The maximum absolute atomic E-state index is 12.5. The summed E-state index contributed by atoms with van der Waals surface area (Å²) >= 11 is 3.43. The van der Waals surface area contributed by atoms with Crippen LogP contribution in [0.2, 0.25) is 0 Å². The van der Waals surface area contributed by atoms with E-state index in [1.165, 1.54) is 0 Å². The first kappa shape index (κ1) is 16.3. The minimum Gasteiger partial charge on any atom is -0.496 e. The summed E-state index contributed by atoms with van der Waals surface area (Å²) in [6.45, 7) is 7.96. The third-order valence-electron chi connectivity index (χ3n) is 4.21. The van der Waals surface area contributed by atoms with Crippen LogP contribution in [0.3, 0.4) is 0 Å². The molecular formula is C16H23BrN2O2. The quantitative estimate of drug-likeness (QED) is 0.832. The van der Waals surface area contributed by atoms with Crippen molar-refractivity contribution in [3.05, 3.63) is 28.2 Å². The molecule has 0 spiro atoms. The van der Waals surface area contributed by atoms with Gasteiger partial charge < -0.3 is 9.64 Å². The molecule has 1 aliphatic heterocycles. The van der Waals surface area contributed by atoms with Gasteiger partial charge in [-0.3, -0.25) is 9.69 Å². The van der Waals surface area contributed by atoms with Gasteiger partial charge in [0.1, 0.15) is 5.75 Å². The number of hydrogen-bond donors (Lipinski definition) is 0. The molecule has 116 valence electrons. The standard InChI is InChI=1S/C16H23BrN2O2/c1-4-12(2)18-7-9-19(10-8-18)16(20)13-5-6-15(21-3)14(17)11-13/h5-6,11-12H,4,7-10H2,1-3H3. The van der Waals surface area contributed by atoms with Gasteiger partial charge in [0.15, 0.2) is 0 Å². The number of ether oxygens (including phenoxy) is 1. The second kappa shape index (κ2) is 7.27. The molecule has 1 amide bonds.